The first-order valence-electron chi connectivity index (χ1n) is 5.57. The highest BCUT2D eigenvalue weighted by Crippen LogP contribution is 2.22. The van der Waals surface area contributed by atoms with Crippen molar-refractivity contribution in [2.24, 2.45) is 11.8 Å². The number of rotatable bonds is 8. The summed E-state index contributed by atoms with van der Waals surface area (Å²) in [5.74, 6) is -1.51. The maximum absolute atomic E-state index is 11.0. The van der Waals surface area contributed by atoms with Gasteiger partial charge in [-0.1, -0.05) is 31.7 Å². The van der Waals surface area contributed by atoms with Gasteiger partial charge in [0, 0.05) is 20.1 Å². The Morgan fingerprint density at radius 2 is 1.88 bits per heavy atom. The van der Waals surface area contributed by atoms with Crippen LogP contribution >= 0.6 is 0 Å². The molecule has 98 valence electrons. The summed E-state index contributed by atoms with van der Waals surface area (Å²) >= 11 is 0. The Kier molecular flexibility index (Phi) is 7.50. The Morgan fingerprint density at radius 3 is 2.24 bits per heavy atom. The Balaban J connectivity index is 4.80. The molecule has 0 heterocycles. The van der Waals surface area contributed by atoms with E-state index in [0.717, 1.165) is 0 Å². The van der Waals surface area contributed by atoms with Gasteiger partial charge in [0.25, 0.3) is 0 Å². The van der Waals surface area contributed by atoms with E-state index in [-0.39, 0.29) is 12.0 Å². The van der Waals surface area contributed by atoms with Gasteiger partial charge in [-0.2, -0.15) is 0 Å². The summed E-state index contributed by atoms with van der Waals surface area (Å²) in [4.78, 5) is 11.0. The molecule has 0 fully saturated rings. The third-order valence-corrected chi connectivity index (χ3v) is 2.90. The zero-order valence-electron chi connectivity index (χ0n) is 10.9. The van der Waals surface area contributed by atoms with Gasteiger partial charge in [0.1, 0.15) is 0 Å². The number of hydrogen-bond acceptors (Lipinski definition) is 3. The fraction of sp³-hybridized carbons (Fsp3) is 0.615. The molecule has 0 saturated carbocycles. The molecule has 0 amide bonds. The standard InChI is InChI=1S/C13H22O4/c1-6-7-8-11(16-4)9(2)12(17-5)10(3)13(14)15/h6-12H,1H2,2-5H3,(H,14,15). The SMILES string of the molecule is C=CC=CC(OC)C(C)C(OC)C(C)C(=O)O. The van der Waals surface area contributed by atoms with Crippen molar-refractivity contribution in [2.75, 3.05) is 14.2 Å². The van der Waals surface area contributed by atoms with Crippen molar-refractivity contribution in [1.29, 1.82) is 0 Å². The lowest BCUT2D eigenvalue weighted by Crippen LogP contribution is -2.38. The van der Waals surface area contributed by atoms with Crippen LogP contribution in [0.3, 0.4) is 0 Å². The molecule has 0 aromatic heterocycles. The monoisotopic (exact) mass is 242 g/mol. The largest absolute Gasteiger partial charge is 0.481 e. The first kappa shape index (κ1) is 15.9. The van der Waals surface area contributed by atoms with Crippen LogP contribution < -0.4 is 0 Å². The molecule has 17 heavy (non-hydrogen) atoms. The van der Waals surface area contributed by atoms with Crippen LogP contribution in [0.2, 0.25) is 0 Å². The van der Waals surface area contributed by atoms with Crippen molar-refractivity contribution in [3.05, 3.63) is 24.8 Å². The third-order valence-electron chi connectivity index (χ3n) is 2.90. The average Bonchev–Trinajstić information content (AvgIpc) is 2.30. The Bertz CT molecular complexity index is 273. The first-order chi connectivity index (χ1) is 7.99. The summed E-state index contributed by atoms with van der Waals surface area (Å²) in [6, 6.07) is 0. The van der Waals surface area contributed by atoms with E-state index in [1.54, 1.807) is 26.2 Å². The van der Waals surface area contributed by atoms with Crippen molar-refractivity contribution < 1.29 is 19.4 Å². The second-order valence-electron chi connectivity index (χ2n) is 4.01. The number of hydrogen-bond donors (Lipinski definition) is 1. The van der Waals surface area contributed by atoms with E-state index in [9.17, 15) is 4.79 Å². The first-order valence-corrected chi connectivity index (χ1v) is 5.57. The predicted molar refractivity (Wildman–Crippen MR) is 66.9 cm³/mol. The second kappa shape index (κ2) is 8.03. The number of carboxylic acids is 1. The topological polar surface area (TPSA) is 55.8 Å². The Hall–Kier alpha value is -1.13. The zero-order chi connectivity index (χ0) is 13.4. The van der Waals surface area contributed by atoms with E-state index in [4.69, 9.17) is 14.6 Å². The van der Waals surface area contributed by atoms with Crippen LogP contribution in [-0.2, 0) is 14.3 Å². The maximum atomic E-state index is 11.0. The minimum atomic E-state index is -0.869. The van der Waals surface area contributed by atoms with Gasteiger partial charge in [-0.25, -0.2) is 0 Å². The number of ether oxygens (including phenoxy) is 2. The summed E-state index contributed by atoms with van der Waals surface area (Å²) in [5, 5.41) is 9.01. The number of carboxylic acid groups (broad SMARTS) is 1. The smallest absolute Gasteiger partial charge is 0.308 e. The zero-order valence-corrected chi connectivity index (χ0v) is 10.9. The molecule has 4 heteroatoms. The third kappa shape index (κ3) is 4.71. The fourth-order valence-corrected chi connectivity index (χ4v) is 1.86. The van der Waals surface area contributed by atoms with Crippen LogP contribution in [-0.4, -0.2) is 37.5 Å². The molecule has 0 aromatic rings. The van der Waals surface area contributed by atoms with E-state index in [1.165, 1.54) is 7.11 Å². The lowest BCUT2D eigenvalue weighted by atomic mass is 9.89. The molecule has 0 bridgehead atoms. The van der Waals surface area contributed by atoms with Crippen LogP contribution in [0.1, 0.15) is 13.8 Å². The van der Waals surface area contributed by atoms with Crippen molar-refractivity contribution in [3.8, 4) is 0 Å². The normalized spacial score (nSPS) is 18.6. The minimum Gasteiger partial charge on any atom is -0.481 e. The van der Waals surface area contributed by atoms with Crippen LogP contribution in [0, 0.1) is 11.8 Å². The lowest BCUT2D eigenvalue weighted by molar-refractivity contribution is -0.148. The average molecular weight is 242 g/mol. The van der Waals surface area contributed by atoms with Gasteiger partial charge in [0.2, 0.25) is 0 Å². The van der Waals surface area contributed by atoms with Crippen molar-refractivity contribution >= 4 is 5.97 Å². The predicted octanol–water partition coefficient (Wildman–Crippen LogP) is 2.12. The van der Waals surface area contributed by atoms with Gasteiger partial charge in [0.05, 0.1) is 18.1 Å². The van der Waals surface area contributed by atoms with E-state index < -0.39 is 18.0 Å². The Labute approximate surface area is 103 Å². The van der Waals surface area contributed by atoms with Crippen molar-refractivity contribution in [2.45, 2.75) is 26.1 Å². The molecule has 0 radical (unpaired) electrons. The molecule has 4 atom stereocenters. The molecule has 4 nitrogen and oxygen atoms in total. The molecule has 0 aromatic carbocycles. The Morgan fingerprint density at radius 1 is 1.29 bits per heavy atom. The highest BCUT2D eigenvalue weighted by atomic mass is 16.5. The van der Waals surface area contributed by atoms with Crippen molar-refractivity contribution in [3.63, 3.8) is 0 Å². The van der Waals surface area contributed by atoms with E-state index in [1.807, 2.05) is 13.0 Å². The van der Waals surface area contributed by atoms with Crippen molar-refractivity contribution in [1.82, 2.24) is 0 Å². The summed E-state index contributed by atoms with van der Waals surface area (Å²) in [6.45, 7) is 7.13. The quantitative estimate of drug-likeness (QED) is 0.662. The molecule has 0 saturated heterocycles. The van der Waals surface area contributed by atoms with Gasteiger partial charge in [0.15, 0.2) is 0 Å². The number of methoxy groups -OCH3 is 2. The van der Waals surface area contributed by atoms with Gasteiger partial charge in [-0.15, -0.1) is 0 Å². The number of carbonyl (C=O) groups is 1. The number of allylic oxidation sites excluding steroid dienone is 2. The number of aliphatic carboxylic acids is 1. The molecule has 0 spiro atoms. The van der Waals surface area contributed by atoms with Crippen LogP contribution in [0.15, 0.2) is 24.8 Å². The molecule has 0 aliphatic carbocycles. The summed E-state index contributed by atoms with van der Waals surface area (Å²) in [6.07, 6.45) is 4.69. The van der Waals surface area contributed by atoms with Gasteiger partial charge in [-0.3, -0.25) is 4.79 Å². The van der Waals surface area contributed by atoms with Gasteiger partial charge < -0.3 is 14.6 Å². The molecule has 0 aliphatic heterocycles. The highest BCUT2D eigenvalue weighted by Gasteiger charge is 2.32. The van der Waals surface area contributed by atoms with E-state index in [0.29, 0.717) is 0 Å². The maximum Gasteiger partial charge on any atom is 0.308 e. The second-order valence-corrected chi connectivity index (χ2v) is 4.01. The van der Waals surface area contributed by atoms with E-state index >= 15 is 0 Å². The minimum absolute atomic E-state index is 0.0627. The summed E-state index contributed by atoms with van der Waals surface area (Å²) in [5.41, 5.74) is 0. The molecular formula is C13H22O4. The van der Waals surface area contributed by atoms with Gasteiger partial charge >= 0.3 is 5.97 Å². The summed E-state index contributed by atoms with van der Waals surface area (Å²) in [7, 11) is 3.11. The van der Waals surface area contributed by atoms with Crippen LogP contribution in [0.4, 0.5) is 0 Å². The fourth-order valence-electron chi connectivity index (χ4n) is 1.86. The van der Waals surface area contributed by atoms with Gasteiger partial charge in [-0.05, 0) is 6.92 Å². The molecule has 4 unspecified atom stereocenters. The lowest BCUT2D eigenvalue weighted by Gasteiger charge is -2.30. The van der Waals surface area contributed by atoms with Crippen LogP contribution in [0.25, 0.3) is 0 Å². The summed E-state index contributed by atoms with van der Waals surface area (Å²) < 4.78 is 10.6. The molecular weight excluding hydrogens is 220 g/mol. The highest BCUT2D eigenvalue weighted by molar-refractivity contribution is 5.70. The molecule has 0 aliphatic rings. The van der Waals surface area contributed by atoms with Crippen LogP contribution in [0.5, 0.6) is 0 Å². The van der Waals surface area contributed by atoms with E-state index in [2.05, 4.69) is 6.58 Å². The molecule has 0 rings (SSSR count). The molecule has 1 N–H and O–H groups in total.